The molecule has 1 amide bonds. The molecule has 1 aromatic heterocycles. The number of guanidine groups is 1. The van der Waals surface area contributed by atoms with E-state index < -0.39 is 0 Å². The van der Waals surface area contributed by atoms with Crippen LogP contribution in [0.4, 0.5) is 5.69 Å². The SMILES string of the molecule is C=C(N)N/N=C(/C)c1ccc(NC(=O)c2cc3cc(/C(C)=N\N=C(N)N)ccc3[nH]2)cc1. The Labute approximate surface area is 185 Å². The smallest absolute Gasteiger partial charge is 0.272 e. The average molecular weight is 432 g/mol. The maximum atomic E-state index is 12.7. The topological polar surface area (TPSA) is 172 Å². The van der Waals surface area contributed by atoms with Gasteiger partial charge in [0.1, 0.15) is 11.5 Å². The van der Waals surface area contributed by atoms with Gasteiger partial charge in [-0.25, -0.2) is 0 Å². The number of aromatic nitrogens is 1. The summed E-state index contributed by atoms with van der Waals surface area (Å²) in [4.78, 5) is 15.8. The van der Waals surface area contributed by atoms with Crippen LogP contribution in [-0.4, -0.2) is 28.3 Å². The lowest BCUT2D eigenvalue weighted by Crippen LogP contribution is -2.22. The molecule has 0 saturated carbocycles. The quantitative estimate of drug-likeness (QED) is 0.191. The largest absolute Gasteiger partial charge is 0.385 e. The first kappa shape index (κ1) is 22.1. The Morgan fingerprint density at radius 2 is 1.62 bits per heavy atom. The Morgan fingerprint density at radius 1 is 0.938 bits per heavy atom. The lowest BCUT2D eigenvalue weighted by Gasteiger charge is -2.06. The van der Waals surface area contributed by atoms with Crippen LogP contribution in [0.5, 0.6) is 0 Å². The molecule has 9 N–H and O–H groups in total. The number of fused-ring (bicyclic) bond motifs is 1. The highest BCUT2D eigenvalue weighted by atomic mass is 16.1. The van der Waals surface area contributed by atoms with E-state index in [0.29, 0.717) is 17.1 Å². The summed E-state index contributed by atoms with van der Waals surface area (Å²) in [5.74, 6) is -0.109. The Bertz CT molecular complexity index is 1250. The summed E-state index contributed by atoms with van der Waals surface area (Å²) in [5.41, 5.74) is 23.7. The number of nitrogens with one attached hydrogen (secondary N) is 3. The first-order valence-electron chi connectivity index (χ1n) is 9.65. The number of hydrazone groups is 1. The minimum Gasteiger partial charge on any atom is -0.385 e. The van der Waals surface area contributed by atoms with Crippen molar-refractivity contribution in [1.82, 2.24) is 10.4 Å². The van der Waals surface area contributed by atoms with Gasteiger partial charge in [0.2, 0.25) is 5.96 Å². The molecule has 3 aromatic rings. The molecule has 0 spiro atoms. The van der Waals surface area contributed by atoms with Crippen LogP contribution in [0.1, 0.15) is 35.5 Å². The number of benzene rings is 2. The Hall–Kier alpha value is -4.60. The van der Waals surface area contributed by atoms with Crippen molar-refractivity contribution >= 4 is 39.9 Å². The standard InChI is InChI=1S/C22H25N9O/c1-12(28-30-14(3)23)15-4-7-18(8-5-15)26-21(32)20-11-17-10-16(6-9-19(17)27-20)13(2)29-31-22(24)25/h4-11,27,30H,3,23H2,1-2H3,(H,26,32)(H4,24,25,31)/b28-12-,29-13-. The van der Waals surface area contributed by atoms with Gasteiger partial charge >= 0.3 is 0 Å². The van der Waals surface area contributed by atoms with Gasteiger partial charge in [0.15, 0.2) is 0 Å². The van der Waals surface area contributed by atoms with E-state index >= 15 is 0 Å². The molecule has 0 radical (unpaired) electrons. The molecule has 0 unspecified atom stereocenters. The molecule has 3 rings (SSSR count). The zero-order valence-corrected chi connectivity index (χ0v) is 17.8. The number of aromatic amines is 1. The first-order valence-corrected chi connectivity index (χ1v) is 9.65. The normalized spacial score (nSPS) is 11.8. The molecule has 32 heavy (non-hydrogen) atoms. The fraction of sp³-hybridized carbons (Fsp3) is 0.0909. The molecule has 0 aliphatic carbocycles. The van der Waals surface area contributed by atoms with E-state index in [1.165, 1.54) is 0 Å². The molecule has 0 aliphatic rings. The van der Waals surface area contributed by atoms with Crippen molar-refractivity contribution in [2.24, 2.45) is 32.5 Å². The van der Waals surface area contributed by atoms with Gasteiger partial charge in [0, 0.05) is 16.6 Å². The van der Waals surface area contributed by atoms with Crippen molar-refractivity contribution in [3.05, 3.63) is 77.8 Å². The number of carbonyl (C=O) groups is 1. The fourth-order valence-corrected chi connectivity index (χ4v) is 2.88. The van der Waals surface area contributed by atoms with Crippen LogP contribution in [0.3, 0.4) is 0 Å². The minimum atomic E-state index is -0.257. The van der Waals surface area contributed by atoms with Gasteiger partial charge in [0.05, 0.1) is 11.4 Å². The third-order valence-corrected chi connectivity index (χ3v) is 4.53. The summed E-state index contributed by atoms with van der Waals surface area (Å²) in [5, 5.41) is 15.5. The zero-order valence-electron chi connectivity index (χ0n) is 17.8. The van der Waals surface area contributed by atoms with E-state index in [0.717, 1.165) is 27.7 Å². The molecule has 0 fully saturated rings. The maximum Gasteiger partial charge on any atom is 0.272 e. The number of hydrogen-bond donors (Lipinski definition) is 6. The summed E-state index contributed by atoms with van der Waals surface area (Å²) in [7, 11) is 0. The third kappa shape index (κ3) is 5.51. The van der Waals surface area contributed by atoms with E-state index in [2.05, 4.69) is 37.6 Å². The summed E-state index contributed by atoms with van der Waals surface area (Å²) in [6.45, 7) is 7.17. The van der Waals surface area contributed by atoms with Crippen LogP contribution >= 0.6 is 0 Å². The number of amides is 1. The summed E-state index contributed by atoms with van der Waals surface area (Å²) in [6, 6.07) is 14.7. The van der Waals surface area contributed by atoms with E-state index in [-0.39, 0.29) is 17.7 Å². The Morgan fingerprint density at radius 3 is 2.28 bits per heavy atom. The van der Waals surface area contributed by atoms with Crippen molar-refractivity contribution in [3.63, 3.8) is 0 Å². The van der Waals surface area contributed by atoms with Crippen molar-refractivity contribution in [3.8, 4) is 0 Å². The lowest BCUT2D eigenvalue weighted by atomic mass is 10.1. The van der Waals surface area contributed by atoms with E-state index in [1.807, 2.05) is 37.3 Å². The predicted octanol–water partition coefficient (Wildman–Crippen LogP) is 2.16. The highest BCUT2D eigenvalue weighted by molar-refractivity contribution is 6.07. The van der Waals surface area contributed by atoms with Crippen molar-refractivity contribution in [2.45, 2.75) is 13.8 Å². The van der Waals surface area contributed by atoms with Crippen LogP contribution in [0.25, 0.3) is 10.9 Å². The monoisotopic (exact) mass is 431 g/mol. The fourth-order valence-electron chi connectivity index (χ4n) is 2.88. The second kappa shape index (κ2) is 9.47. The minimum absolute atomic E-state index is 0.111. The molecule has 0 saturated heterocycles. The molecule has 0 bridgehead atoms. The van der Waals surface area contributed by atoms with E-state index in [1.54, 1.807) is 25.1 Å². The lowest BCUT2D eigenvalue weighted by molar-refractivity contribution is 0.102. The first-order chi connectivity index (χ1) is 15.2. The molecule has 1 heterocycles. The number of carbonyl (C=O) groups excluding carboxylic acids is 1. The van der Waals surface area contributed by atoms with Gasteiger partial charge < -0.3 is 27.5 Å². The van der Waals surface area contributed by atoms with Crippen LogP contribution in [0.2, 0.25) is 0 Å². The molecule has 164 valence electrons. The van der Waals surface area contributed by atoms with Gasteiger partial charge in [-0.15, -0.1) is 5.10 Å². The van der Waals surface area contributed by atoms with Gasteiger partial charge in [-0.3, -0.25) is 10.2 Å². The molecular formula is C22H25N9O. The molecule has 0 aliphatic heterocycles. The van der Waals surface area contributed by atoms with Crippen LogP contribution in [-0.2, 0) is 0 Å². The molecule has 2 aromatic carbocycles. The number of nitrogens with two attached hydrogens (primary N) is 3. The number of nitrogens with zero attached hydrogens (tertiary/aromatic N) is 3. The maximum absolute atomic E-state index is 12.7. The average Bonchev–Trinajstić information content (AvgIpc) is 3.20. The number of H-pyrrole nitrogens is 1. The van der Waals surface area contributed by atoms with Crippen molar-refractivity contribution in [2.75, 3.05) is 5.32 Å². The highest BCUT2D eigenvalue weighted by Crippen LogP contribution is 2.19. The molecule has 0 atom stereocenters. The molecular weight excluding hydrogens is 406 g/mol. The number of anilines is 1. The second-order valence-corrected chi connectivity index (χ2v) is 7.06. The third-order valence-electron chi connectivity index (χ3n) is 4.53. The number of hydrogen-bond acceptors (Lipinski definition) is 6. The summed E-state index contributed by atoms with van der Waals surface area (Å²) >= 11 is 0. The Balaban J connectivity index is 1.74. The zero-order chi connectivity index (χ0) is 23.3. The van der Waals surface area contributed by atoms with Crippen LogP contribution in [0, 0.1) is 0 Å². The summed E-state index contributed by atoms with van der Waals surface area (Å²) in [6.07, 6.45) is 0. The molecule has 10 nitrogen and oxygen atoms in total. The molecule has 10 heteroatoms. The number of rotatable bonds is 7. The highest BCUT2D eigenvalue weighted by Gasteiger charge is 2.11. The Kier molecular flexibility index (Phi) is 6.54. The van der Waals surface area contributed by atoms with E-state index in [4.69, 9.17) is 17.2 Å². The van der Waals surface area contributed by atoms with Gasteiger partial charge in [-0.1, -0.05) is 24.8 Å². The second-order valence-electron chi connectivity index (χ2n) is 7.06. The van der Waals surface area contributed by atoms with Gasteiger partial charge in [-0.2, -0.15) is 10.2 Å². The van der Waals surface area contributed by atoms with Crippen LogP contribution in [0.15, 0.2) is 76.2 Å². The van der Waals surface area contributed by atoms with Crippen LogP contribution < -0.4 is 27.9 Å². The summed E-state index contributed by atoms with van der Waals surface area (Å²) < 4.78 is 0. The van der Waals surface area contributed by atoms with Gasteiger partial charge in [0.25, 0.3) is 5.91 Å². The predicted molar refractivity (Wildman–Crippen MR) is 129 cm³/mol. The van der Waals surface area contributed by atoms with E-state index in [9.17, 15) is 4.79 Å². The van der Waals surface area contributed by atoms with Gasteiger partial charge in [-0.05, 0) is 55.3 Å². The van der Waals surface area contributed by atoms with Crippen molar-refractivity contribution in [1.29, 1.82) is 0 Å². The van der Waals surface area contributed by atoms with Crippen molar-refractivity contribution < 1.29 is 4.79 Å².